The second-order valence-electron chi connectivity index (χ2n) is 5.99. The average molecular weight is 312 g/mol. The Balaban J connectivity index is 1.89. The molecule has 0 radical (unpaired) electrons. The molecular weight excluding hydrogens is 293 g/mol. The number of carbonyl (C=O) groups is 1. The van der Waals surface area contributed by atoms with Crippen molar-refractivity contribution in [2.24, 2.45) is 0 Å². The summed E-state index contributed by atoms with van der Waals surface area (Å²) in [4.78, 5) is 14.0. The highest BCUT2D eigenvalue weighted by atomic mass is 19.4. The molecule has 0 aromatic heterocycles. The van der Waals surface area contributed by atoms with Crippen LogP contribution in [0.15, 0.2) is 24.3 Å². The number of halogens is 3. The van der Waals surface area contributed by atoms with Crippen LogP contribution in [0.2, 0.25) is 0 Å². The number of nitrogens with zero attached hydrogens (tertiary/aromatic N) is 1. The molecule has 120 valence electrons. The zero-order valence-electron chi connectivity index (χ0n) is 12.2. The fourth-order valence-electron chi connectivity index (χ4n) is 3.55. The molecule has 0 aliphatic carbocycles. The topological polar surface area (TPSA) is 32.3 Å². The summed E-state index contributed by atoms with van der Waals surface area (Å²) in [5, 5.41) is 3.36. The van der Waals surface area contributed by atoms with Gasteiger partial charge in [0.2, 0.25) is 5.91 Å². The molecule has 1 aromatic carbocycles. The number of amides is 1. The Labute approximate surface area is 127 Å². The summed E-state index contributed by atoms with van der Waals surface area (Å²) in [6.45, 7) is 0.859. The number of fused-ring (bicyclic) bond motifs is 1. The van der Waals surface area contributed by atoms with Crippen molar-refractivity contribution in [3.63, 3.8) is 0 Å². The van der Waals surface area contributed by atoms with Gasteiger partial charge >= 0.3 is 6.18 Å². The van der Waals surface area contributed by atoms with E-state index in [1.54, 1.807) is 11.0 Å². The molecule has 1 N–H and O–H groups in total. The summed E-state index contributed by atoms with van der Waals surface area (Å²) < 4.78 is 39.4. The molecular formula is C16H19F3N2O. The molecule has 22 heavy (non-hydrogen) atoms. The lowest BCUT2D eigenvalue weighted by molar-refractivity contribution is -0.140. The number of carbonyl (C=O) groups excluding carboxylic acids is 1. The molecule has 2 fully saturated rings. The quantitative estimate of drug-likeness (QED) is 0.910. The van der Waals surface area contributed by atoms with Gasteiger partial charge in [0, 0.05) is 25.0 Å². The van der Waals surface area contributed by atoms with E-state index in [1.807, 2.05) is 0 Å². The van der Waals surface area contributed by atoms with Crippen molar-refractivity contribution in [3.05, 3.63) is 35.4 Å². The van der Waals surface area contributed by atoms with Gasteiger partial charge in [-0.25, -0.2) is 0 Å². The predicted octanol–water partition coefficient (Wildman–Crippen LogP) is 2.95. The lowest BCUT2D eigenvalue weighted by Gasteiger charge is -2.31. The van der Waals surface area contributed by atoms with Gasteiger partial charge in [-0.1, -0.05) is 18.2 Å². The van der Waals surface area contributed by atoms with Gasteiger partial charge in [0.15, 0.2) is 0 Å². The molecule has 2 atom stereocenters. The number of nitrogens with one attached hydrogen (secondary N) is 1. The van der Waals surface area contributed by atoms with Gasteiger partial charge in [-0.15, -0.1) is 0 Å². The third kappa shape index (κ3) is 2.97. The van der Waals surface area contributed by atoms with E-state index in [4.69, 9.17) is 0 Å². The van der Waals surface area contributed by atoms with E-state index in [0.717, 1.165) is 31.9 Å². The lowest BCUT2D eigenvalue weighted by atomic mass is 10.0. The van der Waals surface area contributed by atoms with Crippen LogP contribution in [-0.4, -0.2) is 29.4 Å². The van der Waals surface area contributed by atoms with Crippen molar-refractivity contribution in [2.45, 2.75) is 50.5 Å². The highest BCUT2D eigenvalue weighted by molar-refractivity contribution is 5.77. The first-order chi connectivity index (χ1) is 10.5. The van der Waals surface area contributed by atoms with E-state index in [2.05, 4.69) is 5.32 Å². The molecule has 2 aliphatic rings. The highest BCUT2D eigenvalue weighted by Gasteiger charge is 2.38. The van der Waals surface area contributed by atoms with Crippen molar-refractivity contribution in [1.29, 1.82) is 0 Å². The molecule has 0 saturated carbocycles. The summed E-state index contributed by atoms with van der Waals surface area (Å²) in [6, 6.07) is 5.76. The van der Waals surface area contributed by atoms with Crippen LogP contribution in [0.3, 0.4) is 0 Å². The zero-order valence-corrected chi connectivity index (χ0v) is 12.2. The Morgan fingerprint density at radius 3 is 2.77 bits per heavy atom. The molecule has 0 spiro atoms. The minimum Gasteiger partial charge on any atom is -0.334 e. The van der Waals surface area contributed by atoms with Gasteiger partial charge in [-0.3, -0.25) is 4.79 Å². The molecule has 0 bridgehead atoms. The third-order valence-electron chi connectivity index (χ3n) is 4.60. The zero-order chi connectivity index (χ0) is 15.7. The number of hydrogen-bond acceptors (Lipinski definition) is 2. The molecule has 1 amide bonds. The molecule has 1 aromatic rings. The number of rotatable bonds is 2. The SMILES string of the molecule is O=C1CCC[C@@H]2NCC[C@@H]2N1Cc1ccccc1C(F)(F)F. The van der Waals surface area contributed by atoms with Crippen LogP contribution in [0.4, 0.5) is 13.2 Å². The van der Waals surface area contributed by atoms with Crippen LogP contribution in [0.25, 0.3) is 0 Å². The van der Waals surface area contributed by atoms with E-state index >= 15 is 0 Å². The molecule has 3 rings (SSSR count). The number of benzene rings is 1. The third-order valence-corrected chi connectivity index (χ3v) is 4.60. The summed E-state index contributed by atoms with van der Waals surface area (Å²) in [6.07, 6.45) is -1.45. The van der Waals surface area contributed by atoms with E-state index in [9.17, 15) is 18.0 Å². The van der Waals surface area contributed by atoms with Gasteiger partial charge in [0.25, 0.3) is 0 Å². The van der Waals surface area contributed by atoms with E-state index in [0.29, 0.717) is 6.42 Å². The summed E-state index contributed by atoms with van der Waals surface area (Å²) in [5.41, 5.74) is -0.467. The second kappa shape index (κ2) is 5.91. The lowest BCUT2D eigenvalue weighted by Crippen LogP contribution is -2.44. The molecule has 0 unspecified atom stereocenters. The van der Waals surface area contributed by atoms with Crippen LogP contribution >= 0.6 is 0 Å². The second-order valence-corrected chi connectivity index (χ2v) is 5.99. The number of alkyl halides is 3. The van der Waals surface area contributed by atoms with E-state index in [1.165, 1.54) is 12.1 Å². The van der Waals surface area contributed by atoms with Gasteiger partial charge in [-0.05, 0) is 37.4 Å². The van der Waals surface area contributed by atoms with Gasteiger partial charge in [-0.2, -0.15) is 13.2 Å². The van der Waals surface area contributed by atoms with Crippen molar-refractivity contribution in [1.82, 2.24) is 10.2 Å². The van der Waals surface area contributed by atoms with Crippen molar-refractivity contribution in [3.8, 4) is 0 Å². The van der Waals surface area contributed by atoms with Crippen LogP contribution in [0, 0.1) is 0 Å². The van der Waals surface area contributed by atoms with Crippen LogP contribution in [0.1, 0.15) is 36.8 Å². The van der Waals surface area contributed by atoms with Gasteiger partial charge in [0.1, 0.15) is 0 Å². The van der Waals surface area contributed by atoms with E-state index < -0.39 is 11.7 Å². The smallest absolute Gasteiger partial charge is 0.334 e. The first-order valence-electron chi connectivity index (χ1n) is 7.65. The summed E-state index contributed by atoms with van der Waals surface area (Å²) in [5.74, 6) is -0.0341. The van der Waals surface area contributed by atoms with Crippen LogP contribution in [0.5, 0.6) is 0 Å². The van der Waals surface area contributed by atoms with Crippen LogP contribution in [-0.2, 0) is 17.5 Å². The largest absolute Gasteiger partial charge is 0.416 e. The number of hydrogen-bond donors (Lipinski definition) is 1. The Kier molecular flexibility index (Phi) is 4.12. The molecule has 2 saturated heterocycles. The predicted molar refractivity (Wildman–Crippen MR) is 76.0 cm³/mol. The maximum Gasteiger partial charge on any atom is 0.416 e. The fourth-order valence-corrected chi connectivity index (χ4v) is 3.55. The first-order valence-corrected chi connectivity index (χ1v) is 7.65. The standard InChI is InChI=1S/C16H19F3N2O/c17-16(18,19)12-5-2-1-4-11(12)10-21-14-8-9-20-13(14)6-3-7-15(21)22/h1-2,4-5,13-14,20H,3,6-10H2/t13-,14-/m0/s1. The minimum atomic E-state index is -4.39. The first kappa shape index (κ1) is 15.3. The Hall–Kier alpha value is -1.56. The molecule has 6 heteroatoms. The highest BCUT2D eigenvalue weighted by Crippen LogP contribution is 2.34. The van der Waals surface area contributed by atoms with Crippen molar-refractivity contribution in [2.75, 3.05) is 6.54 Å². The number of likely N-dealkylation sites (tertiary alicyclic amines) is 1. The van der Waals surface area contributed by atoms with Crippen molar-refractivity contribution >= 4 is 5.91 Å². The Morgan fingerprint density at radius 2 is 2.00 bits per heavy atom. The summed E-state index contributed by atoms with van der Waals surface area (Å²) in [7, 11) is 0. The molecule has 2 heterocycles. The summed E-state index contributed by atoms with van der Waals surface area (Å²) >= 11 is 0. The molecule has 2 aliphatic heterocycles. The maximum atomic E-state index is 13.1. The Bertz CT molecular complexity index is 559. The average Bonchev–Trinajstić information content (AvgIpc) is 2.87. The maximum absolute atomic E-state index is 13.1. The molecule has 3 nitrogen and oxygen atoms in total. The fraction of sp³-hybridized carbons (Fsp3) is 0.562. The van der Waals surface area contributed by atoms with Gasteiger partial charge < -0.3 is 10.2 Å². The van der Waals surface area contributed by atoms with E-state index in [-0.39, 0.29) is 30.1 Å². The minimum absolute atomic E-state index is 0.0105. The normalized spacial score (nSPS) is 26.0. The monoisotopic (exact) mass is 312 g/mol. The van der Waals surface area contributed by atoms with Crippen molar-refractivity contribution < 1.29 is 18.0 Å². The van der Waals surface area contributed by atoms with Gasteiger partial charge in [0.05, 0.1) is 5.56 Å². The Morgan fingerprint density at radius 1 is 1.23 bits per heavy atom. The van der Waals surface area contributed by atoms with Crippen LogP contribution < -0.4 is 5.32 Å².